The average molecular weight is 243 g/mol. The van der Waals surface area contributed by atoms with Crippen LogP contribution in [0.15, 0.2) is 29.5 Å². The summed E-state index contributed by atoms with van der Waals surface area (Å²) in [7, 11) is 1.78. The van der Waals surface area contributed by atoms with Crippen molar-refractivity contribution in [3.05, 3.63) is 40.6 Å². The molecule has 0 bridgehead atoms. The first-order valence-electron chi connectivity index (χ1n) is 6.34. The quantitative estimate of drug-likeness (QED) is 0.826. The Morgan fingerprint density at radius 3 is 2.89 bits per heavy atom. The van der Waals surface area contributed by atoms with E-state index in [2.05, 4.69) is 9.55 Å². The van der Waals surface area contributed by atoms with Crippen molar-refractivity contribution in [2.24, 2.45) is 13.0 Å². The van der Waals surface area contributed by atoms with Gasteiger partial charge in [-0.25, -0.2) is 4.98 Å². The summed E-state index contributed by atoms with van der Waals surface area (Å²) in [5.41, 5.74) is 1.83. The third-order valence-corrected chi connectivity index (χ3v) is 3.49. The number of rotatable bonds is 3. The Morgan fingerprint density at radius 2 is 2.22 bits per heavy atom. The number of nitrogens with zero attached hydrogens (tertiary/aromatic N) is 3. The summed E-state index contributed by atoms with van der Waals surface area (Å²) < 4.78 is 3.82. The summed E-state index contributed by atoms with van der Waals surface area (Å²) in [4.78, 5) is 16.1. The van der Waals surface area contributed by atoms with Gasteiger partial charge < -0.3 is 9.13 Å². The molecule has 4 heteroatoms. The molecule has 2 heterocycles. The van der Waals surface area contributed by atoms with Gasteiger partial charge in [-0.3, -0.25) is 4.79 Å². The van der Waals surface area contributed by atoms with Crippen LogP contribution in [0.4, 0.5) is 0 Å². The lowest BCUT2D eigenvalue weighted by Gasteiger charge is -2.09. The van der Waals surface area contributed by atoms with Crippen molar-refractivity contribution in [1.82, 2.24) is 14.1 Å². The van der Waals surface area contributed by atoms with Crippen molar-refractivity contribution in [1.29, 1.82) is 0 Å². The highest BCUT2D eigenvalue weighted by atomic mass is 16.1. The number of hydrogen-bond donors (Lipinski definition) is 0. The topological polar surface area (TPSA) is 39.8 Å². The highest BCUT2D eigenvalue weighted by Crippen LogP contribution is 2.32. The Morgan fingerprint density at radius 1 is 1.44 bits per heavy atom. The molecule has 1 aliphatic carbocycles. The van der Waals surface area contributed by atoms with Gasteiger partial charge in [0.05, 0.1) is 0 Å². The zero-order valence-corrected chi connectivity index (χ0v) is 10.8. The van der Waals surface area contributed by atoms with E-state index < -0.39 is 0 Å². The Labute approximate surface area is 106 Å². The van der Waals surface area contributed by atoms with Gasteiger partial charge in [-0.2, -0.15) is 0 Å². The second kappa shape index (κ2) is 4.12. The molecule has 0 radical (unpaired) electrons. The van der Waals surface area contributed by atoms with E-state index in [1.807, 2.05) is 31.6 Å². The SMILES string of the molecule is Cc1cc(-c2nccn2CC2CC2)cn(C)c1=O. The summed E-state index contributed by atoms with van der Waals surface area (Å²) in [6, 6.07) is 1.92. The Balaban J connectivity index is 2.03. The fourth-order valence-electron chi connectivity index (χ4n) is 2.30. The van der Waals surface area contributed by atoms with E-state index >= 15 is 0 Å². The van der Waals surface area contributed by atoms with Crippen LogP contribution in [0.5, 0.6) is 0 Å². The molecule has 0 aliphatic heterocycles. The van der Waals surface area contributed by atoms with E-state index in [0.29, 0.717) is 0 Å². The van der Waals surface area contributed by atoms with E-state index in [0.717, 1.165) is 29.4 Å². The van der Waals surface area contributed by atoms with Gasteiger partial charge in [-0.05, 0) is 31.7 Å². The minimum Gasteiger partial charge on any atom is -0.331 e. The van der Waals surface area contributed by atoms with Crippen LogP contribution in [0, 0.1) is 12.8 Å². The van der Waals surface area contributed by atoms with Crippen molar-refractivity contribution >= 4 is 0 Å². The van der Waals surface area contributed by atoms with Gasteiger partial charge in [0.1, 0.15) is 5.82 Å². The van der Waals surface area contributed by atoms with Gasteiger partial charge in [0.15, 0.2) is 0 Å². The summed E-state index contributed by atoms with van der Waals surface area (Å²) in [6.45, 7) is 2.89. The number of aromatic nitrogens is 3. The van der Waals surface area contributed by atoms with E-state index in [9.17, 15) is 4.79 Å². The highest BCUT2D eigenvalue weighted by molar-refractivity contribution is 5.55. The Hall–Kier alpha value is -1.84. The number of aryl methyl sites for hydroxylation is 2. The summed E-state index contributed by atoms with van der Waals surface area (Å²) in [6.07, 6.45) is 8.36. The molecule has 0 N–H and O–H groups in total. The Kier molecular flexibility index (Phi) is 2.58. The summed E-state index contributed by atoms with van der Waals surface area (Å²) >= 11 is 0. The number of imidazole rings is 1. The summed E-state index contributed by atoms with van der Waals surface area (Å²) in [5, 5.41) is 0. The van der Waals surface area contributed by atoms with Crippen molar-refractivity contribution in [3.63, 3.8) is 0 Å². The molecule has 0 aromatic carbocycles. The van der Waals surface area contributed by atoms with Crippen LogP contribution >= 0.6 is 0 Å². The van der Waals surface area contributed by atoms with Crippen LogP contribution in [-0.4, -0.2) is 14.1 Å². The molecule has 0 amide bonds. The third-order valence-electron chi connectivity index (χ3n) is 3.49. The monoisotopic (exact) mass is 243 g/mol. The van der Waals surface area contributed by atoms with Crippen LogP contribution in [0.1, 0.15) is 18.4 Å². The van der Waals surface area contributed by atoms with Crippen LogP contribution in [-0.2, 0) is 13.6 Å². The van der Waals surface area contributed by atoms with Gasteiger partial charge >= 0.3 is 0 Å². The van der Waals surface area contributed by atoms with E-state index in [1.165, 1.54) is 12.8 Å². The molecule has 1 aliphatic rings. The first kappa shape index (κ1) is 11.3. The van der Waals surface area contributed by atoms with Gasteiger partial charge in [0.25, 0.3) is 5.56 Å². The maximum absolute atomic E-state index is 11.7. The molecule has 0 unspecified atom stereocenters. The zero-order valence-electron chi connectivity index (χ0n) is 10.8. The largest absolute Gasteiger partial charge is 0.331 e. The maximum Gasteiger partial charge on any atom is 0.253 e. The molecule has 1 fully saturated rings. The minimum atomic E-state index is 0.0547. The smallest absolute Gasteiger partial charge is 0.253 e. The predicted octanol–water partition coefficient (Wildman–Crippen LogP) is 1.97. The molecule has 94 valence electrons. The van der Waals surface area contributed by atoms with Crippen LogP contribution in [0.25, 0.3) is 11.4 Å². The van der Waals surface area contributed by atoms with Gasteiger partial charge in [-0.15, -0.1) is 0 Å². The van der Waals surface area contributed by atoms with Gasteiger partial charge in [-0.1, -0.05) is 0 Å². The first-order valence-corrected chi connectivity index (χ1v) is 6.34. The van der Waals surface area contributed by atoms with Gasteiger partial charge in [0, 0.05) is 43.3 Å². The molecule has 0 spiro atoms. The molecule has 1 saturated carbocycles. The van der Waals surface area contributed by atoms with Crippen molar-refractivity contribution in [2.45, 2.75) is 26.3 Å². The zero-order chi connectivity index (χ0) is 12.7. The van der Waals surface area contributed by atoms with E-state index in [1.54, 1.807) is 11.6 Å². The molecule has 0 atom stereocenters. The van der Waals surface area contributed by atoms with Crippen LogP contribution < -0.4 is 5.56 Å². The molecule has 18 heavy (non-hydrogen) atoms. The standard InChI is InChI=1S/C14H17N3O/c1-10-7-12(9-16(2)14(10)18)13-15-5-6-17(13)8-11-3-4-11/h5-7,9,11H,3-4,8H2,1-2H3. The lowest BCUT2D eigenvalue weighted by Crippen LogP contribution is -2.18. The number of hydrogen-bond acceptors (Lipinski definition) is 2. The fourth-order valence-corrected chi connectivity index (χ4v) is 2.30. The molecule has 2 aromatic heterocycles. The molecule has 3 rings (SSSR count). The van der Waals surface area contributed by atoms with E-state index in [4.69, 9.17) is 0 Å². The first-order chi connectivity index (χ1) is 8.65. The Bertz CT molecular complexity index is 608. The highest BCUT2D eigenvalue weighted by Gasteiger charge is 2.23. The molecule has 4 nitrogen and oxygen atoms in total. The predicted molar refractivity (Wildman–Crippen MR) is 70.4 cm³/mol. The minimum absolute atomic E-state index is 0.0547. The van der Waals surface area contributed by atoms with E-state index in [-0.39, 0.29) is 5.56 Å². The van der Waals surface area contributed by atoms with Crippen molar-refractivity contribution in [3.8, 4) is 11.4 Å². The van der Waals surface area contributed by atoms with Gasteiger partial charge in [0.2, 0.25) is 0 Å². The van der Waals surface area contributed by atoms with Crippen molar-refractivity contribution < 1.29 is 0 Å². The normalized spacial score (nSPS) is 15.0. The number of pyridine rings is 1. The average Bonchev–Trinajstić information content (AvgIpc) is 3.02. The van der Waals surface area contributed by atoms with Crippen LogP contribution in [0.2, 0.25) is 0 Å². The maximum atomic E-state index is 11.7. The van der Waals surface area contributed by atoms with Crippen LogP contribution in [0.3, 0.4) is 0 Å². The van der Waals surface area contributed by atoms with Crippen molar-refractivity contribution in [2.75, 3.05) is 0 Å². The second-order valence-corrected chi connectivity index (χ2v) is 5.17. The second-order valence-electron chi connectivity index (χ2n) is 5.17. The lowest BCUT2D eigenvalue weighted by molar-refractivity contribution is 0.632. The fraction of sp³-hybridized carbons (Fsp3) is 0.429. The molecule has 2 aromatic rings. The lowest BCUT2D eigenvalue weighted by atomic mass is 10.2. The molecular weight excluding hydrogens is 226 g/mol. The summed E-state index contributed by atoms with van der Waals surface area (Å²) in [5.74, 6) is 1.77. The molecular formula is C14H17N3O. The third kappa shape index (κ3) is 1.98. The molecule has 0 saturated heterocycles.